The molecule has 6 heteroatoms. The molecule has 1 aromatic carbocycles. The molecule has 0 atom stereocenters. The van der Waals surface area contributed by atoms with Crippen molar-refractivity contribution in [3.8, 4) is 0 Å². The summed E-state index contributed by atoms with van der Waals surface area (Å²) < 4.78 is 0. The third kappa shape index (κ3) is 2.97. The fourth-order valence-electron chi connectivity index (χ4n) is 1.94. The molecule has 0 aliphatic heterocycles. The van der Waals surface area contributed by atoms with Gasteiger partial charge in [0.05, 0.1) is 15.8 Å². The Hall–Kier alpha value is -2.21. The van der Waals surface area contributed by atoms with Gasteiger partial charge >= 0.3 is 5.69 Å². The van der Waals surface area contributed by atoms with Crippen LogP contribution in [0.15, 0.2) is 30.5 Å². The second-order valence-corrected chi connectivity index (χ2v) is 4.07. The average Bonchev–Trinajstić information content (AvgIpc) is 2.42. The van der Waals surface area contributed by atoms with Crippen molar-refractivity contribution in [2.24, 2.45) is 0 Å². The first-order valence-corrected chi connectivity index (χ1v) is 6.20. The molecular weight excluding hydrogens is 244 g/mol. The largest absolute Gasteiger partial charge is 0.378 e. The summed E-state index contributed by atoms with van der Waals surface area (Å²) in [6.45, 7) is 4.30. The molecule has 100 valence electrons. The minimum atomic E-state index is -0.362. The molecule has 0 amide bonds. The lowest BCUT2D eigenvalue weighted by molar-refractivity contribution is -0.382. The molecule has 6 nitrogen and oxygen atoms in total. The van der Waals surface area contributed by atoms with E-state index in [1.165, 1.54) is 0 Å². The zero-order valence-electron chi connectivity index (χ0n) is 10.7. The monoisotopic (exact) mass is 260 g/mol. The number of nitro groups is 1. The fourth-order valence-corrected chi connectivity index (χ4v) is 1.94. The zero-order valence-corrected chi connectivity index (χ0v) is 10.7. The Bertz CT molecular complexity index is 586. The Morgan fingerprint density at radius 3 is 2.89 bits per heavy atom. The van der Waals surface area contributed by atoms with E-state index in [2.05, 4.69) is 15.6 Å². The first-order valence-electron chi connectivity index (χ1n) is 6.20. The van der Waals surface area contributed by atoms with Crippen LogP contribution in [0.2, 0.25) is 0 Å². The Balaban J connectivity index is 2.32. The molecule has 1 heterocycles. The molecule has 2 aromatic rings. The van der Waals surface area contributed by atoms with Crippen molar-refractivity contribution in [2.45, 2.75) is 6.92 Å². The molecule has 19 heavy (non-hydrogen) atoms. The molecule has 0 aliphatic rings. The molecule has 0 bridgehead atoms. The van der Waals surface area contributed by atoms with E-state index < -0.39 is 0 Å². The highest BCUT2D eigenvalue weighted by Crippen LogP contribution is 2.32. The van der Waals surface area contributed by atoms with Crippen LogP contribution in [0.1, 0.15) is 6.92 Å². The van der Waals surface area contributed by atoms with Crippen molar-refractivity contribution in [3.63, 3.8) is 0 Å². The van der Waals surface area contributed by atoms with Gasteiger partial charge < -0.3 is 10.6 Å². The Kier molecular flexibility index (Phi) is 4.25. The molecule has 1 aromatic heterocycles. The summed E-state index contributed by atoms with van der Waals surface area (Å²) in [6, 6.07) is 6.92. The van der Waals surface area contributed by atoms with E-state index in [1.807, 2.05) is 6.92 Å². The SMILES string of the molecule is CCNCCNc1ccc2ncccc2c1[N+](=O)[O-]. The Labute approximate surface area is 111 Å². The van der Waals surface area contributed by atoms with E-state index in [-0.39, 0.29) is 10.6 Å². The smallest absolute Gasteiger partial charge is 0.301 e. The molecule has 0 fully saturated rings. The number of pyridine rings is 1. The van der Waals surface area contributed by atoms with Crippen molar-refractivity contribution in [2.75, 3.05) is 25.0 Å². The van der Waals surface area contributed by atoms with E-state index in [0.29, 0.717) is 23.1 Å². The van der Waals surface area contributed by atoms with E-state index >= 15 is 0 Å². The number of nitro benzene ring substituents is 1. The number of fused-ring (bicyclic) bond motifs is 1. The second kappa shape index (κ2) is 6.10. The molecule has 0 aliphatic carbocycles. The van der Waals surface area contributed by atoms with Crippen molar-refractivity contribution in [3.05, 3.63) is 40.6 Å². The van der Waals surface area contributed by atoms with Gasteiger partial charge in [0.1, 0.15) is 5.69 Å². The lowest BCUT2D eigenvalue weighted by Gasteiger charge is -2.09. The highest BCUT2D eigenvalue weighted by molar-refractivity contribution is 5.94. The summed E-state index contributed by atoms with van der Waals surface area (Å²) in [4.78, 5) is 15.0. The van der Waals surface area contributed by atoms with Gasteiger partial charge in [-0.25, -0.2) is 0 Å². The van der Waals surface area contributed by atoms with Crippen molar-refractivity contribution >= 4 is 22.3 Å². The van der Waals surface area contributed by atoms with E-state index in [1.54, 1.807) is 30.5 Å². The second-order valence-electron chi connectivity index (χ2n) is 4.07. The summed E-state index contributed by atoms with van der Waals surface area (Å²) >= 11 is 0. The molecule has 2 N–H and O–H groups in total. The Morgan fingerprint density at radius 1 is 1.32 bits per heavy atom. The van der Waals surface area contributed by atoms with Gasteiger partial charge in [0.25, 0.3) is 0 Å². The normalized spacial score (nSPS) is 10.6. The number of benzene rings is 1. The van der Waals surface area contributed by atoms with Gasteiger partial charge in [0.15, 0.2) is 0 Å². The van der Waals surface area contributed by atoms with Gasteiger partial charge in [0, 0.05) is 19.3 Å². The van der Waals surface area contributed by atoms with Crippen LogP contribution in [0.4, 0.5) is 11.4 Å². The van der Waals surface area contributed by atoms with Gasteiger partial charge in [-0.1, -0.05) is 6.92 Å². The van der Waals surface area contributed by atoms with E-state index in [9.17, 15) is 10.1 Å². The fraction of sp³-hybridized carbons (Fsp3) is 0.308. The van der Waals surface area contributed by atoms with E-state index in [4.69, 9.17) is 0 Å². The lowest BCUT2D eigenvalue weighted by Crippen LogP contribution is -2.21. The van der Waals surface area contributed by atoms with Gasteiger partial charge in [-0.15, -0.1) is 0 Å². The average molecular weight is 260 g/mol. The van der Waals surface area contributed by atoms with Gasteiger partial charge in [-0.05, 0) is 30.8 Å². The maximum atomic E-state index is 11.2. The predicted octanol–water partition coefficient (Wildman–Crippen LogP) is 2.16. The van der Waals surface area contributed by atoms with Gasteiger partial charge in [-0.2, -0.15) is 0 Å². The molecule has 0 saturated heterocycles. The number of likely N-dealkylation sites (N-methyl/N-ethyl adjacent to an activating group) is 1. The summed E-state index contributed by atoms with van der Waals surface area (Å²) in [6.07, 6.45) is 1.63. The summed E-state index contributed by atoms with van der Waals surface area (Å²) in [7, 11) is 0. The third-order valence-corrected chi connectivity index (χ3v) is 2.81. The van der Waals surface area contributed by atoms with Gasteiger partial charge in [-0.3, -0.25) is 15.1 Å². The molecular formula is C13H16N4O2. The van der Waals surface area contributed by atoms with Crippen molar-refractivity contribution in [1.82, 2.24) is 10.3 Å². The minimum Gasteiger partial charge on any atom is -0.378 e. The van der Waals surface area contributed by atoms with Crippen LogP contribution in [-0.2, 0) is 0 Å². The summed E-state index contributed by atoms with van der Waals surface area (Å²) in [5, 5.41) is 18.1. The molecule has 0 unspecified atom stereocenters. The number of rotatable bonds is 6. The molecule has 0 radical (unpaired) electrons. The highest BCUT2D eigenvalue weighted by Gasteiger charge is 2.18. The summed E-state index contributed by atoms with van der Waals surface area (Å²) in [5.74, 6) is 0. The van der Waals surface area contributed by atoms with Crippen LogP contribution in [0.25, 0.3) is 10.9 Å². The number of hydrogen-bond donors (Lipinski definition) is 2. The number of aromatic nitrogens is 1. The number of nitrogens with zero attached hydrogens (tertiary/aromatic N) is 2. The minimum absolute atomic E-state index is 0.0853. The number of hydrogen-bond acceptors (Lipinski definition) is 5. The standard InChI is InChI=1S/C13H16N4O2/c1-2-14-8-9-16-12-6-5-11-10(4-3-7-15-11)13(12)17(18)19/h3-7,14,16H,2,8-9H2,1H3. The van der Waals surface area contributed by atoms with Crippen LogP contribution in [-0.4, -0.2) is 29.5 Å². The maximum absolute atomic E-state index is 11.2. The van der Waals surface area contributed by atoms with Crippen molar-refractivity contribution < 1.29 is 4.92 Å². The Morgan fingerprint density at radius 2 is 2.16 bits per heavy atom. The predicted molar refractivity (Wildman–Crippen MR) is 75.4 cm³/mol. The van der Waals surface area contributed by atoms with Crippen LogP contribution in [0.5, 0.6) is 0 Å². The lowest BCUT2D eigenvalue weighted by atomic mass is 10.1. The first-order chi connectivity index (χ1) is 9.24. The maximum Gasteiger partial charge on any atom is 0.301 e. The van der Waals surface area contributed by atoms with Crippen molar-refractivity contribution in [1.29, 1.82) is 0 Å². The molecule has 0 saturated carbocycles. The number of anilines is 1. The topological polar surface area (TPSA) is 80.1 Å². The van der Waals surface area contributed by atoms with Crippen LogP contribution in [0, 0.1) is 10.1 Å². The van der Waals surface area contributed by atoms with E-state index in [0.717, 1.165) is 13.1 Å². The highest BCUT2D eigenvalue weighted by atomic mass is 16.6. The van der Waals surface area contributed by atoms with Crippen LogP contribution < -0.4 is 10.6 Å². The van der Waals surface area contributed by atoms with Gasteiger partial charge in [0.2, 0.25) is 0 Å². The molecule has 0 spiro atoms. The van der Waals surface area contributed by atoms with Crippen LogP contribution in [0.3, 0.4) is 0 Å². The first kappa shape index (κ1) is 13.2. The third-order valence-electron chi connectivity index (χ3n) is 2.81. The molecule has 2 rings (SSSR count). The van der Waals surface area contributed by atoms with Crippen LogP contribution >= 0.6 is 0 Å². The quantitative estimate of drug-likeness (QED) is 0.472. The number of nitrogens with one attached hydrogen (secondary N) is 2. The zero-order chi connectivity index (χ0) is 13.7. The summed E-state index contributed by atoms with van der Waals surface area (Å²) in [5.41, 5.74) is 1.25.